The van der Waals surface area contributed by atoms with Crippen molar-refractivity contribution in [3.63, 3.8) is 0 Å². The minimum absolute atomic E-state index is 0.0410. The molecule has 0 aromatic carbocycles. The van der Waals surface area contributed by atoms with Crippen molar-refractivity contribution in [2.24, 2.45) is 0 Å². The smallest absolute Gasteiger partial charge is 0.318 e. The van der Waals surface area contributed by atoms with Gasteiger partial charge in [0.2, 0.25) is 0 Å². The Bertz CT molecular complexity index is 831. The van der Waals surface area contributed by atoms with E-state index >= 15 is 0 Å². The quantitative estimate of drug-likeness (QED) is 0.906. The standard InChI is InChI=1S/C18H25N7O/c1-11(2)24-15-5-6-23(10-14(15)20-18(24)26)16-8-19-9-17(21-16)25-13(4)7-12(3)22-25/h7-9,11,14-15H,5-6,10H2,1-4H3,(H,20,26)/t14-,15+/m1/s1. The van der Waals surface area contributed by atoms with Crippen LogP contribution >= 0.6 is 0 Å². The van der Waals surface area contributed by atoms with Crippen LogP contribution in [0.4, 0.5) is 10.6 Å². The van der Waals surface area contributed by atoms with E-state index < -0.39 is 0 Å². The molecule has 8 nitrogen and oxygen atoms in total. The number of fused-ring (bicyclic) bond motifs is 1. The number of aromatic nitrogens is 4. The topological polar surface area (TPSA) is 79.2 Å². The third-order valence-corrected chi connectivity index (χ3v) is 5.19. The second-order valence-electron chi connectivity index (χ2n) is 7.43. The summed E-state index contributed by atoms with van der Waals surface area (Å²) < 4.78 is 1.82. The number of hydrogen-bond donors (Lipinski definition) is 1. The van der Waals surface area contributed by atoms with Gasteiger partial charge in [0.05, 0.1) is 30.2 Å². The number of anilines is 1. The number of rotatable bonds is 3. The Balaban J connectivity index is 1.56. The highest BCUT2D eigenvalue weighted by atomic mass is 16.2. The highest BCUT2D eigenvalue weighted by molar-refractivity contribution is 5.78. The van der Waals surface area contributed by atoms with Crippen LogP contribution in [0.25, 0.3) is 5.82 Å². The molecule has 2 atom stereocenters. The van der Waals surface area contributed by atoms with Crippen LogP contribution in [0.3, 0.4) is 0 Å². The Morgan fingerprint density at radius 1 is 1.23 bits per heavy atom. The van der Waals surface area contributed by atoms with E-state index in [1.54, 1.807) is 12.4 Å². The summed E-state index contributed by atoms with van der Waals surface area (Å²) in [5.41, 5.74) is 1.99. The van der Waals surface area contributed by atoms with Crippen LogP contribution in [0.1, 0.15) is 31.7 Å². The second kappa shape index (κ2) is 6.26. The molecule has 26 heavy (non-hydrogen) atoms. The summed E-state index contributed by atoms with van der Waals surface area (Å²) in [5.74, 6) is 1.54. The van der Waals surface area contributed by atoms with Crippen molar-refractivity contribution in [3.8, 4) is 5.82 Å². The molecule has 4 rings (SSSR count). The number of aryl methyl sites for hydroxylation is 2. The number of amides is 2. The lowest BCUT2D eigenvalue weighted by Crippen LogP contribution is -2.52. The SMILES string of the molecule is Cc1cc(C)n(-c2cncc(N3CC[C@H]4[C@@H](C3)NC(=O)N4C(C)C)n2)n1. The first-order valence-electron chi connectivity index (χ1n) is 9.13. The van der Waals surface area contributed by atoms with Gasteiger partial charge in [-0.3, -0.25) is 4.98 Å². The van der Waals surface area contributed by atoms with Crippen molar-refractivity contribution in [2.45, 2.75) is 52.2 Å². The molecule has 0 spiro atoms. The molecule has 0 radical (unpaired) electrons. The summed E-state index contributed by atoms with van der Waals surface area (Å²) in [6, 6.07) is 2.66. The lowest BCUT2D eigenvalue weighted by atomic mass is 9.99. The van der Waals surface area contributed by atoms with E-state index in [0.717, 1.165) is 42.5 Å². The van der Waals surface area contributed by atoms with Gasteiger partial charge in [-0.15, -0.1) is 0 Å². The predicted molar refractivity (Wildman–Crippen MR) is 98.5 cm³/mol. The molecule has 2 amide bonds. The van der Waals surface area contributed by atoms with Crippen molar-refractivity contribution in [1.82, 2.24) is 30.0 Å². The van der Waals surface area contributed by atoms with E-state index in [2.05, 4.69) is 34.1 Å². The molecule has 0 unspecified atom stereocenters. The van der Waals surface area contributed by atoms with Crippen molar-refractivity contribution < 1.29 is 4.79 Å². The minimum Gasteiger partial charge on any atom is -0.353 e. The van der Waals surface area contributed by atoms with Crippen LogP contribution in [0.2, 0.25) is 0 Å². The lowest BCUT2D eigenvalue weighted by molar-refractivity contribution is 0.175. The van der Waals surface area contributed by atoms with E-state index in [1.165, 1.54) is 0 Å². The molecule has 2 aromatic rings. The molecule has 0 aliphatic carbocycles. The molecule has 8 heteroatoms. The van der Waals surface area contributed by atoms with E-state index in [0.29, 0.717) is 0 Å². The third kappa shape index (κ3) is 2.79. The number of nitrogens with one attached hydrogen (secondary N) is 1. The highest BCUT2D eigenvalue weighted by Gasteiger charge is 2.43. The molecule has 138 valence electrons. The average molecular weight is 355 g/mol. The fourth-order valence-corrected chi connectivity index (χ4v) is 4.08. The summed E-state index contributed by atoms with van der Waals surface area (Å²) in [5, 5.41) is 7.62. The molecule has 2 aliphatic rings. The summed E-state index contributed by atoms with van der Waals surface area (Å²) in [6.07, 6.45) is 4.44. The van der Waals surface area contributed by atoms with E-state index in [-0.39, 0.29) is 24.2 Å². The van der Waals surface area contributed by atoms with Gasteiger partial charge in [-0.1, -0.05) is 0 Å². The summed E-state index contributed by atoms with van der Waals surface area (Å²) in [6.45, 7) is 9.71. The van der Waals surface area contributed by atoms with E-state index in [4.69, 9.17) is 4.98 Å². The lowest BCUT2D eigenvalue weighted by Gasteiger charge is -2.38. The number of carbonyl (C=O) groups is 1. The van der Waals surface area contributed by atoms with Crippen LogP contribution in [0, 0.1) is 13.8 Å². The first kappa shape index (κ1) is 16.8. The summed E-state index contributed by atoms with van der Waals surface area (Å²) in [4.78, 5) is 25.6. The number of urea groups is 1. The monoisotopic (exact) mass is 355 g/mol. The summed E-state index contributed by atoms with van der Waals surface area (Å²) in [7, 11) is 0. The van der Waals surface area contributed by atoms with Gasteiger partial charge >= 0.3 is 6.03 Å². The first-order chi connectivity index (χ1) is 12.4. The van der Waals surface area contributed by atoms with Crippen LogP contribution in [-0.2, 0) is 0 Å². The minimum atomic E-state index is 0.0410. The van der Waals surface area contributed by atoms with Crippen molar-refractivity contribution in [2.75, 3.05) is 18.0 Å². The number of piperidine rings is 1. The molecule has 2 aliphatic heterocycles. The van der Waals surface area contributed by atoms with Gasteiger partial charge in [0.15, 0.2) is 5.82 Å². The Labute approximate surface area is 153 Å². The highest BCUT2D eigenvalue weighted by Crippen LogP contribution is 2.27. The van der Waals surface area contributed by atoms with Gasteiger partial charge in [-0.2, -0.15) is 5.10 Å². The first-order valence-corrected chi connectivity index (χ1v) is 9.13. The maximum atomic E-state index is 12.3. The molecule has 2 fully saturated rings. The number of nitrogens with zero attached hydrogens (tertiary/aromatic N) is 6. The second-order valence-corrected chi connectivity index (χ2v) is 7.43. The molecular weight excluding hydrogens is 330 g/mol. The number of hydrogen-bond acceptors (Lipinski definition) is 5. The van der Waals surface area contributed by atoms with Gasteiger partial charge in [0.25, 0.3) is 0 Å². The van der Waals surface area contributed by atoms with Gasteiger partial charge in [-0.25, -0.2) is 14.5 Å². The largest absolute Gasteiger partial charge is 0.353 e. The van der Waals surface area contributed by atoms with Crippen LogP contribution in [0.15, 0.2) is 18.5 Å². The zero-order valence-corrected chi connectivity index (χ0v) is 15.7. The molecule has 2 aromatic heterocycles. The molecule has 0 bridgehead atoms. The van der Waals surface area contributed by atoms with Crippen LogP contribution in [0.5, 0.6) is 0 Å². The zero-order valence-electron chi connectivity index (χ0n) is 15.7. The molecule has 1 N–H and O–H groups in total. The third-order valence-electron chi connectivity index (χ3n) is 5.19. The molecule has 2 saturated heterocycles. The normalized spacial score (nSPS) is 22.7. The van der Waals surface area contributed by atoms with Crippen molar-refractivity contribution >= 4 is 11.8 Å². The number of carbonyl (C=O) groups excluding carboxylic acids is 1. The van der Waals surface area contributed by atoms with Gasteiger partial charge in [0.1, 0.15) is 5.82 Å². The van der Waals surface area contributed by atoms with Gasteiger partial charge < -0.3 is 15.1 Å². The van der Waals surface area contributed by atoms with Crippen molar-refractivity contribution in [3.05, 3.63) is 29.8 Å². The maximum Gasteiger partial charge on any atom is 0.318 e. The zero-order chi connectivity index (χ0) is 18.4. The Kier molecular flexibility index (Phi) is 4.05. The average Bonchev–Trinajstić information content (AvgIpc) is 3.12. The fourth-order valence-electron chi connectivity index (χ4n) is 4.08. The Hall–Kier alpha value is -2.64. The Morgan fingerprint density at radius 2 is 2.00 bits per heavy atom. The summed E-state index contributed by atoms with van der Waals surface area (Å²) >= 11 is 0. The van der Waals surface area contributed by atoms with E-state index in [1.807, 2.05) is 29.5 Å². The van der Waals surface area contributed by atoms with E-state index in [9.17, 15) is 4.79 Å². The van der Waals surface area contributed by atoms with Crippen molar-refractivity contribution in [1.29, 1.82) is 0 Å². The van der Waals surface area contributed by atoms with Crippen LogP contribution in [-0.4, -0.2) is 61.9 Å². The molecule has 0 saturated carbocycles. The molecular formula is C18H25N7O. The van der Waals surface area contributed by atoms with Crippen LogP contribution < -0.4 is 10.2 Å². The predicted octanol–water partition coefficient (Wildman–Crippen LogP) is 1.66. The fraction of sp³-hybridized carbons (Fsp3) is 0.556. The van der Waals surface area contributed by atoms with Gasteiger partial charge in [0, 0.05) is 24.8 Å². The maximum absolute atomic E-state index is 12.3. The Morgan fingerprint density at radius 3 is 2.69 bits per heavy atom. The van der Waals surface area contributed by atoms with Gasteiger partial charge in [-0.05, 0) is 40.2 Å². The molecule has 4 heterocycles.